The van der Waals surface area contributed by atoms with E-state index in [1.165, 1.54) is 11.2 Å². The largest absolute Gasteiger partial charge is 0.325 e. The first-order valence-electron chi connectivity index (χ1n) is 6.32. The summed E-state index contributed by atoms with van der Waals surface area (Å²) < 4.78 is 1.77. The van der Waals surface area contributed by atoms with E-state index in [4.69, 9.17) is 0 Å². The maximum absolute atomic E-state index is 11.8. The average molecular weight is 265 g/mol. The maximum atomic E-state index is 11.8. The first kappa shape index (κ1) is 13.5. The van der Waals surface area contributed by atoms with Crippen molar-refractivity contribution in [3.8, 4) is 0 Å². The molecule has 0 aliphatic carbocycles. The number of urea groups is 1. The summed E-state index contributed by atoms with van der Waals surface area (Å²) in [6.45, 7) is 8.62. The topological polar surface area (TPSA) is 80.1 Å². The van der Waals surface area contributed by atoms with Crippen LogP contribution in [0.2, 0.25) is 0 Å². The second-order valence-corrected chi connectivity index (χ2v) is 5.66. The molecule has 1 aliphatic heterocycles. The molecule has 2 heterocycles. The highest BCUT2D eigenvalue weighted by Crippen LogP contribution is 2.22. The van der Waals surface area contributed by atoms with Crippen LogP contribution in [0.15, 0.2) is 6.33 Å². The number of imide groups is 1. The molecule has 1 N–H and O–H groups in total. The van der Waals surface area contributed by atoms with Gasteiger partial charge in [0.15, 0.2) is 0 Å². The average Bonchev–Trinajstić information content (AvgIpc) is 2.78. The molecule has 1 aromatic heterocycles. The lowest BCUT2D eigenvalue weighted by Crippen LogP contribution is -2.44. The van der Waals surface area contributed by atoms with E-state index in [0.29, 0.717) is 11.7 Å². The number of hydrogen-bond donors (Lipinski definition) is 1. The van der Waals surface area contributed by atoms with E-state index in [1.807, 2.05) is 0 Å². The molecular weight excluding hydrogens is 246 g/mol. The minimum Gasteiger partial charge on any atom is -0.303 e. The number of carbonyl (C=O) groups is 2. The molecular formula is C12H19N5O2. The lowest BCUT2D eigenvalue weighted by atomic mass is 10.0. The molecule has 19 heavy (non-hydrogen) atoms. The fourth-order valence-corrected chi connectivity index (χ4v) is 2.01. The molecule has 1 aliphatic rings. The number of hydrogen-bond acceptors (Lipinski definition) is 4. The summed E-state index contributed by atoms with van der Waals surface area (Å²) in [5.74, 6) is 0.835. The van der Waals surface area contributed by atoms with Gasteiger partial charge < -0.3 is 4.90 Å². The van der Waals surface area contributed by atoms with E-state index in [9.17, 15) is 9.59 Å². The van der Waals surface area contributed by atoms with Crippen molar-refractivity contribution >= 4 is 11.9 Å². The third kappa shape index (κ3) is 2.45. The van der Waals surface area contributed by atoms with E-state index >= 15 is 0 Å². The zero-order chi connectivity index (χ0) is 14.2. The number of nitrogens with one attached hydrogen (secondary N) is 1. The van der Waals surface area contributed by atoms with E-state index in [1.54, 1.807) is 18.5 Å². The van der Waals surface area contributed by atoms with Crippen LogP contribution in [0.5, 0.6) is 0 Å². The highest BCUT2D eigenvalue weighted by molar-refractivity contribution is 6.06. The number of nitrogens with zero attached hydrogens (tertiary/aromatic N) is 4. The quantitative estimate of drug-likeness (QED) is 0.815. The van der Waals surface area contributed by atoms with Gasteiger partial charge in [0, 0.05) is 6.54 Å². The Balaban J connectivity index is 2.20. The normalized spacial score (nSPS) is 18.3. The third-order valence-electron chi connectivity index (χ3n) is 3.23. The molecule has 0 unspecified atom stereocenters. The van der Waals surface area contributed by atoms with Gasteiger partial charge in [-0.3, -0.25) is 10.1 Å². The van der Waals surface area contributed by atoms with Crippen LogP contribution in [0.4, 0.5) is 4.79 Å². The van der Waals surface area contributed by atoms with Crippen molar-refractivity contribution in [3.63, 3.8) is 0 Å². The Kier molecular flexibility index (Phi) is 3.30. The summed E-state index contributed by atoms with van der Waals surface area (Å²) in [7, 11) is 0. The van der Waals surface area contributed by atoms with Crippen LogP contribution in [-0.2, 0) is 17.9 Å². The fourth-order valence-electron chi connectivity index (χ4n) is 2.01. The summed E-state index contributed by atoms with van der Waals surface area (Å²) in [4.78, 5) is 29.1. The van der Waals surface area contributed by atoms with E-state index < -0.39 is 5.54 Å². The second kappa shape index (κ2) is 4.64. The standard InChI is InChI=1S/C12H19N5O2/c1-8(2)5-17-9(13-7-14-17)6-16-11(19)15-10(18)12(16,3)4/h7-8H,5-6H2,1-4H3,(H,15,18,19). The molecule has 1 fully saturated rings. The Morgan fingerprint density at radius 1 is 1.37 bits per heavy atom. The third-order valence-corrected chi connectivity index (χ3v) is 3.23. The molecule has 0 saturated carbocycles. The van der Waals surface area contributed by atoms with Gasteiger partial charge in [-0.05, 0) is 19.8 Å². The molecule has 104 valence electrons. The molecule has 0 radical (unpaired) electrons. The van der Waals surface area contributed by atoms with Crippen molar-refractivity contribution in [2.24, 2.45) is 5.92 Å². The summed E-state index contributed by atoms with van der Waals surface area (Å²) >= 11 is 0. The number of rotatable bonds is 4. The van der Waals surface area contributed by atoms with Gasteiger partial charge in [-0.2, -0.15) is 5.10 Å². The smallest absolute Gasteiger partial charge is 0.303 e. The van der Waals surface area contributed by atoms with Gasteiger partial charge in [-0.1, -0.05) is 13.8 Å². The van der Waals surface area contributed by atoms with Crippen molar-refractivity contribution in [3.05, 3.63) is 12.2 Å². The molecule has 1 aromatic rings. The molecule has 2 rings (SSSR count). The van der Waals surface area contributed by atoms with Gasteiger partial charge >= 0.3 is 6.03 Å². The summed E-state index contributed by atoms with van der Waals surface area (Å²) in [5, 5.41) is 6.47. The van der Waals surface area contributed by atoms with Crippen LogP contribution in [0.1, 0.15) is 33.5 Å². The van der Waals surface area contributed by atoms with E-state index in [0.717, 1.165) is 6.54 Å². The molecule has 0 atom stereocenters. The first-order chi connectivity index (χ1) is 8.82. The zero-order valence-electron chi connectivity index (χ0n) is 11.7. The van der Waals surface area contributed by atoms with Crippen LogP contribution in [0.3, 0.4) is 0 Å². The Labute approximate surface area is 112 Å². The van der Waals surface area contributed by atoms with Crippen molar-refractivity contribution < 1.29 is 9.59 Å². The van der Waals surface area contributed by atoms with Crippen molar-refractivity contribution in [1.82, 2.24) is 25.0 Å². The van der Waals surface area contributed by atoms with Gasteiger partial charge in [0.05, 0.1) is 6.54 Å². The molecule has 0 spiro atoms. The molecule has 3 amide bonds. The predicted octanol–water partition coefficient (Wildman–Crippen LogP) is 0.764. The van der Waals surface area contributed by atoms with Gasteiger partial charge in [-0.25, -0.2) is 14.5 Å². The van der Waals surface area contributed by atoms with Crippen LogP contribution in [0.25, 0.3) is 0 Å². The zero-order valence-corrected chi connectivity index (χ0v) is 11.7. The lowest BCUT2D eigenvalue weighted by molar-refractivity contribution is -0.125. The maximum Gasteiger partial charge on any atom is 0.325 e. The highest BCUT2D eigenvalue weighted by Gasteiger charge is 2.45. The van der Waals surface area contributed by atoms with E-state index in [-0.39, 0.29) is 18.5 Å². The number of aromatic nitrogens is 3. The monoisotopic (exact) mass is 265 g/mol. The number of carbonyl (C=O) groups excluding carboxylic acids is 2. The van der Waals surface area contributed by atoms with Gasteiger partial charge in [0.25, 0.3) is 5.91 Å². The molecule has 7 nitrogen and oxygen atoms in total. The fraction of sp³-hybridized carbons (Fsp3) is 0.667. The lowest BCUT2D eigenvalue weighted by Gasteiger charge is -2.27. The van der Waals surface area contributed by atoms with Crippen molar-refractivity contribution in [1.29, 1.82) is 0 Å². The molecule has 0 aromatic carbocycles. The summed E-state index contributed by atoms with van der Waals surface area (Å²) in [5.41, 5.74) is -0.855. The van der Waals surface area contributed by atoms with Gasteiger partial charge in [-0.15, -0.1) is 0 Å². The SMILES string of the molecule is CC(C)Cn1ncnc1CN1C(=O)NC(=O)C1(C)C. The Hall–Kier alpha value is -1.92. The van der Waals surface area contributed by atoms with Crippen LogP contribution in [0, 0.1) is 5.92 Å². The Morgan fingerprint density at radius 2 is 2.05 bits per heavy atom. The van der Waals surface area contributed by atoms with Gasteiger partial charge in [0.1, 0.15) is 17.7 Å². The predicted molar refractivity (Wildman–Crippen MR) is 68.0 cm³/mol. The van der Waals surface area contributed by atoms with Crippen LogP contribution < -0.4 is 5.32 Å². The minimum atomic E-state index is -0.855. The van der Waals surface area contributed by atoms with Crippen LogP contribution >= 0.6 is 0 Å². The van der Waals surface area contributed by atoms with Gasteiger partial charge in [0.2, 0.25) is 0 Å². The summed E-state index contributed by atoms with van der Waals surface area (Å²) in [6, 6.07) is -0.380. The number of amides is 3. The first-order valence-corrected chi connectivity index (χ1v) is 6.32. The van der Waals surface area contributed by atoms with Crippen molar-refractivity contribution in [2.45, 2.75) is 46.3 Å². The van der Waals surface area contributed by atoms with Crippen LogP contribution in [-0.4, -0.2) is 37.1 Å². The molecule has 0 bridgehead atoms. The molecule has 1 saturated heterocycles. The highest BCUT2D eigenvalue weighted by atomic mass is 16.2. The van der Waals surface area contributed by atoms with Crippen molar-refractivity contribution in [2.75, 3.05) is 0 Å². The summed E-state index contributed by atoms with van der Waals surface area (Å²) in [6.07, 6.45) is 1.47. The Morgan fingerprint density at radius 3 is 2.58 bits per heavy atom. The van der Waals surface area contributed by atoms with E-state index in [2.05, 4.69) is 29.2 Å². The second-order valence-electron chi connectivity index (χ2n) is 5.66. The Bertz CT molecular complexity index is 506. The molecule has 7 heteroatoms. The minimum absolute atomic E-state index is 0.275.